The molecule has 1 unspecified atom stereocenters. The lowest BCUT2D eigenvalue weighted by atomic mass is 9.76. The molecular weight excluding hydrogens is 440 g/mol. The highest BCUT2D eigenvalue weighted by Gasteiger charge is 2.47. The highest BCUT2D eigenvalue weighted by atomic mass is 32.1. The minimum absolute atomic E-state index is 0.131. The summed E-state index contributed by atoms with van der Waals surface area (Å²) in [6.07, 6.45) is 1.26. The largest absolute Gasteiger partial charge is 0.332 e. The van der Waals surface area contributed by atoms with Crippen molar-refractivity contribution in [3.05, 3.63) is 51.6 Å². The zero-order chi connectivity index (χ0) is 21.7. The number of piperidine rings is 1. The van der Waals surface area contributed by atoms with Crippen LogP contribution in [0.5, 0.6) is 0 Å². The second-order valence-corrected chi connectivity index (χ2v) is 9.83. The van der Waals surface area contributed by atoms with E-state index in [0.29, 0.717) is 16.5 Å². The molecule has 160 valence electrons. The number of nitrogens with zero attached hydrogens (tertiary/aromatic N) is 4. The number of fused-ring (bicyclic) bond motifs is 2. The molecule has 10 heteroatoms. The van der Waals surface area contributed by atoms with Crippen molar-refractivity contribution in [2.45, 2.75) is 45.2 Å². The van der Waals surface area contributed by atoms with Gasteiger partial charge in [-0.2, -0.15) is 8.78 Å². The van der Waals surface area contributed by atoms with Crippen molar-refractivity contribution in [2.24, 2.45) is 0 Å². The highest BCUT2D eigenvalue weighted by Crippen LogP contribution is 2.43. The minimum Gasteiger partial charge on any atom is -0.332 e. The monoisotopic (exact) mass is 459 g/mol. The van der Waals surface area contributed by atoms with E-state index in [9.17, 15) is 13.6 Å². The van der Waals surface area contributed by atoms with E-state index < -0.39 is 6.08 Å². The lowest BCUT2D eigenvalue weighted by Gasteiger charge is -2.53. The molecule has 1 N–H and O–H groups in total. The number of pyridine rings is 1. The van der Waals surface area contributed by atoms with Gasteiger partial charge >= 0.3 is 0 Å². The van der Waals surface area contributed by atoms with Crippen LogP contribution in [0.1, 0.15) is 40.3 Å². The first-order chi connectivity index (χ1) is 14.9. The van der Waals surface area contributed by atoms with Crippen LogP contribution in [0.15, 0.2) is 35.4 Å². The molecule has 0 aromatic carbocycles. The van der Waals surface area contributed by atoms with Gasteiger partial charge in [-0.3, -0.25) is 4.79 Å². The van der Waals surface area contributed by atoms with Crippen molar-refractivity contribution in [1.82, 2.24) is 19.9 Å². The molecule has 2 atom stereocenters. The minimum atomic E-state index is -1.59. The van der Waals surface area contributed by atoms with Crippen LogP contribution in [0.4, 0.5) is 19.7 Å². The second-order valence-electron chi connectivity index (χ2n) is 7.77. The summed E-state index contributed by atoms with van der Waals surface area (Å²) in [7, 11) is 0. The maximum atomic E-state index is 12.9. The molecule has 0 aliphatic carbocycles. The van der Waals surface area contributed by atoms with E-state index in [1.165, 1.54) is 17.5 Å². The van der Waals surface area contributed by atoms with Gasteiger partial charge in [0.15, 0.2) is 5.13 Å². The Kier molecular flexibility index (Phi) is 5.05. The number of rotatable bonds is 4. The number of hydrogen-bond acceptors (Lipinski definition) is 7. The Bertz CT molecular complexity index is 1170. The number of thiazole rings is 2. The Morgan fingerprint density at radius 3 is 2.58 bits per heavy atom. The first-order valence-electron chi connectivity index (χ1n) is 9.87. The Morgan fingerprint density at radius 2 is 1.97 bits per heavy atom. The summed E-state index contributed by atoms with van der Waals surface area (Å²) in [5.41, 5.74) is 2.50. The summed E-state index contributed by atoms with van der Waals surface area (Å²) >= 11 is 3.09. The quantitative estimate of drug-likeness (QED) is 0.554. The van der Waals surface area contributed by atoms with Crippen molar-refractivity contribution in [3.63, 3.8) is 0 Å². The molecule has 2 aliphatic heterocycles. The van der Waals surface area contributed by atoms with Crippen molar-refractivity contribution in [3.8, 4) is 10.6 Å². The van der Waals surface area contributed by atoms with E-state index in [0.717, 1.165) is 27.7 Å². The summed E-state index contributed by atoms with van der Waals surface area (Å²) in [4.78, 5) is 29.0. The third-order valence-electron chi connectivity index (χ3n) is 5.68. The number of aryl methyl sites for hydroxylation is 2. The molecule has 5 rings (SSSR count). The molecule has 2 aliphatic rings. The fraction of sp³-hybridized carbons (Fsp3) is 0.333. The van der Waals surface area contributed by atoms with Crippen LogP contribution in [0.2, 0.25) is 0 Å². The smallest absolute Gasteiger partial charge is 0.269 e. The molecule has 3 aromatic rings. The van der Waals surface area contributed by atoms with Crippen LogP contribution in [0.25, 0.3) is 10.6 Å². The van der Waals surface area contributed by atoms with Crippen LogP contribution >= 0.6 is 22.7 Å². The van der Waals surface area contributed by atoms with Crippen LogP contribution in [0.3, 0.4) is 0 Å². The lowest BCUT2D eigenvalue weighted by molar-refractivity contribution is 0.000950. The summed E-state index contributed by atoms with van der Waals surface area (Å²) in [5, 5.41) is 6.86. The number of nitrogens with one attached hydrogen (secondary N) is 1. The number of halogens is 2. The molecule has 2 saturated heterocycles. The molecule has 0 radical (unpaired) electrons. The van der Waals surface area contributed by atoms with Crippen molar-refractivity contribution < 1.29 is 13.6 Å². The molecule has 2 fully saturated rings. The molecule has 1 amide bonds. The molecule has 2 bridgehead atoms. The molecule has 5 heterocycles. The van der Waals surface area contributed by atoms with Crippen LogP contribution in [-0.4, -0.2) is 37.8 Å². The van der Waals surface area contributed by atoms with Gasteiger partial charge in [-0.1, -0.05) is 0 Å². The van der Waals surface area contributed by atoms with Crippen molar-refractivity contribution >= 4 is 39.5 Å². The number of amides is 1. The van der Waals surface area contributed by atoms with E-state index in [4.69, 9.17) is 0 Å². The SMILES string of the molecule is Cc1nc(C)c(-c2csc(Nc3ccc(C(=O)N4C5CC(=C(F)F)C[C@H]4C5)cn3)n2)s1. The Morgan fingerprint density at radius 1 is 1.19 bits per heavy atom. The molecule has 0 spiro atoms. The van der Waals surface area contributed by atoms with Crippen LogP contribution in [0, 0.1) is 13.8 Å². The third kappa shape index (κ3) is 3.74. The summed E-state index contributed by atoms with van der Waals surface area (Å²) in [5.74, 6) is 0.439. The third-order valence-corrected chi connectivity index (χ3v) is 7.54. The van der Waals surface area contributed by atoms with Gasteiger partial charge in [0.1, 0.15) is 5.82 Å². The summed E-state index contributed by atoms with van der Waals surface area (Å²) in [6, 6.07) is 3.18. The van der Waals surface area contributed by atoms with E-state index in [1.54, 1.807) is 28.4 Å². The van der Waals surface area contributed by atoms with Gasteiger partial charge in [0.05, 0.1) is 26.8 Å². The first kappa shape index (κ1) is 20.2. The van der Waals surface area contributed by atoms with Crippen molar-refractivity contribution in [2.75, 3.05) is 5.32 Å². The maximum absolute atomic E-state index is 12.9. The first-order valence-corrected chi connectivity index (χ1v) is 11.6. The summed E-state index contributed by atoms with van der Waals surface area (Å²) < 4.78 is 25.7. The molecular formula is C21H19F2N5OS2. The zero-order valence-corrected chi connectivity index (χ0v) is 18.5. The number of aromatic nitrogens is 3. The zero-order valence-electron chi connectivity index (χ0n) is 16.9. The van der Waals surface area contributed by atoms with E-state index in [-0.39, 0.29) is 36.4 Å². The number of carbonyl (C=O) groups is 1. The average molecular weight is 460 g/mol. The predicted molar refractivity (Wildman–Crippen MR) is 117 cm³/mol. The number of anilines is 2. The van der Waals surface area contributed by atoms with Gasteiger partial charge in [-0.05, 0) is 50.8 Å². The van der Waals surface area contributed by atoms with Gasteiger partial charge in [-0.15, -0.1) is 22.7 Å². The van der Waals surface area contributed by atoms with Crippen LogP contribution < -0.4 is 5.32 Å². The lowest BCUT2D eigenvalue weighted by Crippen LogP contribution is -2.61. The van der Waals surface area contributed by atoms with Crippen LogP contribution in [-0.2, 0) is 0 Å². The normalized spacial score (nSPS) is 19.9. The number of carbonyl (C=O) groups excluding carboxylic acids is 1. The fourth-order valence-corrected chi connectivity index (χ4v) is 5.92. The van der Waals surface area contributed by atoms with E-state index >= 15 is 0 Å². The van der Waals surface area contributed by atoms with Gasteiger partial charge in [0, 0.05) is 23.7 Å². The molecule has 6 nitrogen and oxygen atoms in total. The second kappa shape index (κ2) is 7.76. The maximum Gasteiger partial charge on any atom is 0.269 e. The van der Waals surface area contributed by atoms with Gasteiger partial charge in [-0.25, -0.2) is 15.0 Å². The van der Waals surface area contributed by atoms with Gasteiger partial charge < -0.3 is 10.2 Å². The van der Waals surface area contributed by atoms with E-state index in [1.807, 2.05) is 19.2 Å². The molecule has 0 saturated carbocycles. The fourth-order valence-electron chi connectivity index (χ4n) is 4.26. The Labute approximate surface area is 185 Å². The van der Waals surface area contributed by atoms with Crippen molar-refractivity contribution in [1.29, 1.82) is 0 Å². The average Bonchev–Trinajstić information content (AvgIpc) is 3.33. The van der Waals surface area contributed by atoms with Gasteiger partial charge in [0.2, 0.25) is 0 Å². The highest BCUT2D eigenvalue weighted by molar-refractivity contribution is 7.16. The Hall–Kier alpha value is -2.72. The molecule has 31 heavy (non-hydrogen) atoms. The molecule has 3 aromatic heterocycles. The summed E-state index contributed by atoms with van der Waals surface area (Å²) in [6.45, 7) is 3.95. The van der Waals surface area contributed by atoms with E-state index in [2.05, 4.69) is 20.3 Å². The predicted octanol–water partition coefficient (Wildman–Crippen LogP) is 5.55. The number of hydrogen-bond donors (Lipinski definition) is 1. The Balaban J connectivity index is 1.26. The topological polar surface area (TPSA) is 71.0 Å². The standard InChI is InChI=1S/C21H19F2N5OS2/c1-10-18(31-11(2)25-10)16-9-30-21(26-16)27-17-4-3-12(8-24-17)20(29)28-14-5-13(19(22)23)6-15(28)7-14/h3-4,8-9,14-15H,5-7H2,1-2H3,(H,24,26,27)/t14-,15?/m0/s1. The van der Waals surface area contributed by atoms with Gasteiger partial charge in [0.25, 0.3) is 12.0 Å².